The van der Waals surface area contributed by atoms with E-state index in [9.17, 15) is 4.79 Å². The first kappa shape index (κ1) is 20.0. The zero-order valence-electron chi connectivity index (χ0n) is 15.6. The molecule has 3 rings (SSSR count). The lowest BCUT2D eigenvalue weighted by Crippen LogP contribution is -2.03. The molecule has 0 amide bonds. The molecule has 0 aliphatic heterocycles. The predicted molar refractivity (Wildman–Crippen MR) is 111 cm³/mol. The van der Waals surface area contributed by atoms with Crippen LogP contribution in [-0.2, 0) is 0 Å². The van der Waals surface area contributed by atoms with Crippen molar-refractivity contribution in [1.82, 2.24) is 10.2 Å². The smallest absolute Gasteiger partial charge is 0.210 e. The van der Waals surface area contributed by atoms with E-state index in [1.165, 1.54) is 23.1 Å². The number of ketones is 1. The highest BCUT2D eigenvalue weighted by Gasteiger charge is 2.13. The Hall–Kier alpha value is -2.78. The van der Waals surface area contributed by atoms with Crippen LogP contribution in [0.4, 0.5) is 10.8 Å². The van der Waals surface area contributed by atoms with Crippen molar-refractivity contribution < 1.29 is 19.0 Å². The Morgan fingerprint density at radius 3 is 2.61 bits per heavy atom. The number of aromatic nitrogens is 2. The van der Waals surface area contributed by atoms with Crippen molar-refractivity contribution in [2.75, 3.05) is 32.4 Å². The number of rotatable bonds is 9. The van der Waals surface area contributed by atoms with Crippen LogP contribution < -0.4 is 19.5 Å². The Kier molecular flexibility index (Phi) is 6.72. The molecule has 1 heterocycles. The Balaban J connectivity index is 1.60. The molecular formula is C19H19N3O4S2. The molecule has 0 unspecified atom stereocenters. The molecule has 0 spiro atoms. The first-order chi connectivity index (χ1) is 13.6. The van der Waals surface area contributed by atoms with Crippen LogP contribution in [0.15, 0.2) is 46.8 Å². The molecule has 3 aromatic rings. The van der Waals surface area contributed by atoms with Gasteiger partial charge in [0.25, 0.3) is 0 Å². The molecule has 1 N–H and O–H groups in total. The minimum atomic E-state index is -0.0246. The molecular weight excluding hydrogens is 398 g/mol. The van der Waals surface area contributed by atoms with Gasteiger partial charge in [-0.05, 0) is 30.3 Å². The van der Waals surface area contributed by atoms with E-state index in [2.05, 4.69) is 15.5 Å². The number of nitrogens with one attached hydrogen (secondary N) is 1. The van der Waals surface area contributed by atoms with E-state index in [4.69, 9.17) is 14.2 Å². The monoisotopic (exact) mass is 417 g/mol. The van der Waals surface area contributed by atoms with Crippen molar-refractivity contribution in [3.05, 3.63) is 48.0 Å². The molecule has 0 saturated heterocycles. The summed E-state index contributed by atoms with van der Waals surface area (Å²) in [6.07, 6.45) is 0. The maximum Gasteiger partial charge on any atom is 0.210 e. The average Bonchev–Trinajstić information content (AvgIpc) is 3.18. The number of ether oxygens (including phenoxy) is 3. The fourth-order valence-corrected chi connectivity index (χ4v) is 4.03. The van der Waals surface area contributed by atoms with Crippen molar-refractivity contribution in [3.63, 3.8) is 0 Å². The number of carbonyl (C=O) groups is 1. The summed E-state index contributed by atoms with van der Waals surface area (Å²) in [7, 11) is 4.72. The predicted octanol–water partition coefficient (Wildman–Crippen LogP) is 4.28. The number of thioether (sulfide) groups is 1. The van der Waals surface area contributed by atoms with E-state index in [0.717, 1.165) is 11.4 Å². The number of hydrogen-bond donors (Lipinski definition) is 1. The number of Topliss-reactive ketones (excluding diaryl/α,β-unsaturated/α-hetero) is 1. The summed E-state index contributed by atoms with van der Waals surface area (Å²) in [5, 5.41) is 12.1. The van der Waals surface area contributed by atoms with Gasteiger partial charge in [0.2, 0.25) is 5.13 Å². The van der Waals surface area contributed by atoms with Gasteiger partial charge >= 0.3 is 0 Å². The van der Waals surface area contributed by atoms with Gasteiger partial charge in [0.05, 0.1) is 27.1 Å². The van der Waals surface area contributed by atoms with Crippen LogP contribution in [0.5, 0.6) is 17.2 Å². The van der Waals surface area contributed by atoms with Gasteiger partial charge in [0.15, 0.2) is 21.6 Å². The molecule has 0 saturated carbocycles. The van der Waals surface area contributed by atoms with Crippen LogP contribution >= 0.6 is 23.1 Å². The molecule has 0 fully saturated rings. The molecule has 9 heteroatoms. The highest BCUT2D eigenvalue weighted by molar-refractivity contribution is 8.01. The van der Waals surface area contributed by atoms with Gasteiger partial charge in [-0.15, -0.1) is 10.2 Å². The Labute approximate surface area is 171 Å². The van der Waals surface area contributed by atoms with Gasteiger partial charge in [-0.3, -0.25) is 4.79 Å². The van der Waals surface area contributed by atoms with Crippen LogP contribution in [0.2, 0.25) is 0 Å². The van der Waals surface area contributed by atoms with Crippen molar-refractivity contribution in [2.24, 2.45) is 0 Å². The van der Waals surface area contributed by atoms with Gasteiger partial charge in [0, 0.05) is 17.3 Å². The van der Waals surface area contributed by atoms with Crippen LogP contribution in [0.3, 0.4) is 0 Å². The molecule has 0 aliphatic carbocycles. The number of carbonyl (C=O) groups excluding carboxylic acids is 1. The third-order valence-electron chi connectivity index (χ3n) is 3.76. The number of anilines is 2. The second-order valence-electron chi connectivity index (χ2n) is 5.51. The van der Waals surface area contributed by atoms with Crippen LogP contribution in [-0.4, -0.2) is 43.1 Å². The summed E-state index contributed by atoms with van der Waals surface area (Å²) < 4.78 is 16.4. The fourth-order valence-electron chi connectivity index (χ4n) is 2.36. The molecule has 0 bridgehead atoms. The standard InChI is InChI=1S/C19H19N3O4S2/c1-24-14-6-4-5-13(10-14)20-18-21-22-19(28-18)27-11-15(23)12-7-8-16(25-2)17(9-12)26-3/h4-10H,11H2,1-3H3,(H,20,21). The summed E-state index contributed by atoms with van der Waals surface area (Å²) in [6, 6.07) is 12.7. The largest absolute Gasteiger partial charge is 0.497 e. The highest BCUT2D eigenvalue weighted by atomic mass is 32.2. The lowest BCUT2D eigenvalue weighted by atomic mass is 10.1. The van der Waals surface area contributed by atoms with E-state index < -0.39 is 0 Å². The molecule has 0 aliphatic rings. The number of hydrogen-bond acceptors (Lipinski definition) is 9. The molecule has 2 aromatic carbocycles. The zero-order chi connectivity index (χ0) is 19.9. The SMILES string of the molecule is COc1cccc(Nc2nnc(SCC(=O)c3ccc(OC)c(OC)c3)s2)c1. The van der Waals surface area contributed by atoms with Gasteiger partial charge in [-0.1, -0.05) is 29.2 Å². The topological polar surface area (TPSA) is 82.6 Å². The second-order valence-corrected chi connectivity index (χ2v) is 7.71. The third-order valence-corrected chi connectivity index (χ3v) is 5.73. The fraction of sp³-hybridized carbons (Fsp3) is 0.211. The molecule has 7 nitrogen and oxygen atoms in total. The summed E-state index contributed by atoms with van der Waals surface area (Å²) in [5.41, 5.74) is 1.41. The van der Waals surface area contributed by atoms with Crippen LogP contribution in [0, 0.1) is 0 Å². The van der Waals surface area contributed by atoms with Gasteiger partial charge in [-0.2, -0.15) is 0 Å². The Morgan fingerprint density at radius 2 is 1.86 bits per heavy atom. The maximum atomic E-state index is 12.5. The normalized spacial score (nSPS) is 10.4. The van der Waals surface area contributed by atoms with Crippen molar-refractivity contribution in [1.29, 1.82) is 0 Å². The molecule has 1 aromatic heterocycles. The lowest BCUT2D eigenvalue weighted by molar-refractivity contribution is 0.102. The first-order valence-electron chi connectivity index (χ1n) is 8.25. The lowest BCUT2D eigenvalue weighted by Gasteiger charge is -2.08. The Morgan fingerprint density at radius 1 is 1.04 bits per heavy atom. The molecule has 0 atom stereocenters. The van der Waals surface area contributed by atoms with E-state index in [-0.39, 0.29) is 11.5 Å². The molecule has 146 valence electrons. The average molecular weight is 418 g/mol. The van der Waals surface area contributed by atoms with Crippen molar-refractivity contribution in [2.45, 2.75) is 4.34 Å². The minimum absolute atomic E-state index is 0.0246. The minimum Gasteiger partial charge on any atom is -0.497 e. The summed E-state index contributed by atoms with van der Waals surface area (Å²) in [4.78, 5) is 12.5. The van der Waals surface area contributed by atoms with Gasteiger partial charge in [0.1, 0.15) is 5.75 Å². The van der Waals surface area contributed by atoms with E-state index in [1.807, 2.05) is 24.3 Å². The number of methoxy groups -OCH3 is 3. The van der Waals surface area contributed by atoms with E-state index in [0.29, 0.717) is 26.5 Å². The third kappa shape index (κ3) is 4.93. The maximum absolute atomic E-state index is 12.5. The van der Waals surface area contributed by atoms with E-state index in [1.54, 1.807) is 39.5 Å². The van der Waals surface area contributed by atoms with Crippen LogP contribution in [0.25, 0.3) is 0 Å². The molecule has 28 heavy (non-hydrogen) atoms. The summed E-state index contributed by atoms with van der Waals surface area (Å²) >= 11 is 2.73. The zero-order valence-corrected chi connectivity index (χ0v) is 17.2. The highest BCUT2D eigenvalue weighted by Crippen LogP contribution is 2.31. The van der Waals surface area contributed by atoms with Gasteiger partial charge < -0.3 is 19.5 Å². The number of benzene rings is 2. The van der Waals surface area contributed by atoms with Gasteiger partial charge in [-0.25, -0.2) is 0 Å². The molecule has 0 radical (unpaired) electrons. The van der Waals surface area contributed by atoms with Crippen molar-refractivity contribution >= 4 is 39.7 Å². The Bertz CT molecular complexity index is 962. The van der Waals surface area contributed by atoms with E-state index >= 15 is 0 Å². The quantitative estimate of drug-likeness (QED) is 0.408. The van der Waals surface area contributed by atoms with Crippen molar-refractivity contribution in [3.8, 4) is 17.2 Å². The van der Waals surface area contributed by atoms with Crippen LogP contribution in [0.1, 0.15) is 10.4 Å². The number of nitrogens with zero attached hydrogens (tertiary/aromatic N) is 2. The summed E-state index contributed by atoms with van der Waals surface area (Å²) in [5.74, 6) is 2.10. The second kappa shape index (κ2) is 9.43. The summed E-state index contributed by atoms with van der Waals surface area (Å²) in [6.45, 7) is 0. The first-order valence-corrected chi connectivity index (χ1v) is 10.1.